The highest BCUT2D eigenvalue weighted by Gasteiger charge is 2.38. The van der Waals surface area contributed by atoms with Crippen molar-refractivity contribution in [3.8, 4) is 0 Å². The van der Waals surface area contributed by atoms with Crippen molar-refractivity contribution < 1.29 is 27.9 Å². The molecule has 21 heavy (non-hydrogen) atoms. The van der Waals surface area contributed by atoms with Gasteiger partial charge in [-0.3, -0.25) is 9.59 Å². The molecule has 1 aromatic rings. The topological polar surface area (TPSA) is 78.4 Å². The van der Waals surface area contributed by atoms with Gasteiger partial charge in [-0.25, -0.2) is 0 Å². The zero-order valence-electron chi connectivity index (χ0n) is 10.6. The van der Waals surface area contributed by atoms with Gasteiger partial charge in [-0.2, -0.15) is 13.2 Å². The Balaban J connectivity index is 2.38. The Kier molecular flexibility index (Phi) is 5.98. The summed E-state index contributed by atoms with van der Waals surface area (Å²) in [5.74, 6) is -1.45. The van der Waals surface area contributed by atoms with Crippen LogP contribution >= 0.6 is 11.6 Å². The monoisotopic (exact) mass is 324 g/mol. The predicted molar refractivity (Wildman–Crippen MR) is 68.9 cm³/mol. The van der Waals surface area contributed by atoms with Crippen LogP contribution in [0.25, 0.3) is 0 Å². The molecule has 9 heteroatoms. The fourth-order valence-electron chi connectivity index (χ4n) is 1.28. The van der Waals surface area contributed by atoms with Crippen molar-refractivity contribution in [3.63, 3.8) is 0 Å². The summed E-state index contributed by atoms with van der Waals surface area (Å²) in [6, 6.07) is 5.94. The molecule has 1 atom stereocenters. The average Bonchev–Trinajstić information content (AvgIpc) is 2.40. The van der Waals surface area contributed by atoms with E-state index >= 15 is 0 Å². The van der Waals surface area contributed by atoms with Crippen LogP contribution in [0.3, 0.4) is 0 Å². The second-order valence-electron chi connectivity index (χ2n) is 4.05. The summed E-state index contributed by atoms with van der Waals surface area (Å²) in [4.78, 5) is 22.9. The largest absolute Gasteiger partial charge is 0.416 e. The lowest BCUT2D eigenvalue weighted by Gasteiger charge is -2.15. The van der Waals surface area contributed by atoms with Crippen molar-refractivity contribution in [2.75, 3.05) is 13.1 Å². The maximum absolute atomic E-state index is 12.0. The molecule has 1 rings (SSSR count). The van der Waals surface area contributed by atoms with Crippen molar-refractivity contribution in [1.29, 1.82) is 0 Å². The number of rotatable bonds is 5. The van der Waals surface area contributed by atoms with Gasteiger partial charge in [0.05, 0.1) is 13.1 Å². The number of aliphatic hydroxyl groups excluding tert-OH is 1. The molecule has 3 N–H and O–H groups in total. The number of carbonyl (C=O) groups is 2. The maximum Gasteiger partial charge on any atom is 0.416 e. The van der Waals surface area contributed by atoms with Crippen LogP contribution in [0.5, 0.6) is 0 Å². The Morgan fingerprint density at radius 1 is 1.29 bits per heavy atom. The molecule has 0 saturated carbocycles. The SMILES string of the molecule is O=C(CNC(=O)c1cccc(Cl)c1)NCC(O)C(F)(F)F. The van der Waals surface area contributed by atoms with Gasteiger partial charge in [0.1, 0.15) is 0 Å². The summed E-state index contributed by atoms with van der Waals surface area (Å²) >= 11 is 5.69. The van der Waals surface area contributed by atoms with Crippen molar-refractivity contribution in [3.05, 3.63) is 34.9 Å². The predicted octanol–water partition coefficient (Wildman–Crippen LogP) is 1.11. The molecular formula is C12H12ClF3N2O3. The molecule has 0 spiro atoms. The summed E-state index contributed by atoms with van der Waals surface area (Å²) < 4.78 is 36.0. The highest BCUT2D eigenvalue weighted by Crippen LogP contribution is 2.19. The minimum Gasteiger partial charge on any atom is -0.382 e. The van der Waals surface area contributed by atoms with Crippen LogP contribution in [0, 0.1) is 0 Å². The molecule has 0 bridgehead atoms. The molecular weight excluding hydrogens is 313 g/mol. The smallest absolute Gasteiger partial charge is 0.382 e. The van der Waals surface area contributed by atoms with E-state index in [1.54, 1.807) is 6.07 Å². The number of hydrogen-bond donors (Lipinski definition) is 3. The van der Waals surface area contributed by atoms with Crippen LogP contribution < -0.4 is 10.6 Å². The second-order valence-corrected chi connectivity index (χ2v) is 4.49. The number of benzene rings is 1. The van der Waals surface area contributed by atoms with E-state index < -0.39 is 37.2 Å². The van der Waals surface area contributed by atoms with Gasteiger partial charge >= 0.3 is 6.18 Å². The van der Waals surface area contributed by atoms with Gasteiger partial charge < -0.3 is 15.7 Å². The quantitative estimate of drug-likeness (QED) is 0.759. The van der Waals surface area contributed by atoms with Crippen LogP contribution in [0.15, 0.2) is 24.3 Å². The molecule has 0 aliphatic carbocycles. The number of amides is 2. The molecule has 1 aromatic carbocycles. The van der Waals surface area contributed by atoms with Crippen LogP contribution in [0.2, 0.25) is 5.02 Å². The summed E-state index contributed by atoms with van der Waals surface area (Å²) in [6.45, 7) is -1.49. The van der Waals surface area contributed by atoms with E-state index in [4.69, 9.17) is 16.7 Å². The third-order valence-corrected chi connectivity index (χ3v) is 2.60. The molecule has 0 fully saturated rings. The zero-order valence-corrected chi connectivity index (χ0v) is 11.3. The van der Waals surface area contributed by atoms with Crippen molar-refractivity contribution >= 4 is 23.4 Å². The van der Waals surface area contributed by atoms with Crippen molar-refractivity contribution in [2.45, 2.75) is 12.3 Å². The molecule has 1 unspecified atom stereocenters. The van der Waals surface area contributed by atoms with Crippen molar-refractivity contribution in [1.82, 2.24) is 10.6 Å². The Morgan fingerprint density at radius 3 is 2.52 bits per heavy atom. The normalized spacial score (nSPS) is 12.6. The first kappa shape index (κ1) is 17.3. The molecule has 0 aliphatic rings. The molecule has 0 heterocycles. The Hall–Kier alpha value is -1.80. The number of aliphatic hydroxyl groups is 1. The van der Waals surface area contributed by atoms with Gasteiger partial charge in [-0.1, -0.05) is 17.7 Å². The first-order valence-electron chi connectivity index (χ1n) is 5.75. The average molecular weight is 325 g/mol. The third-order valence-electron chi connectivity index (χ3n) is 2.37. The van der Waals surface area contributed by atoms with Gasteiger partial charge in [-0.05, 0) is 18.2 Å². The highest BCUT2D eigenvalue weighted by atomic mass is 35.5. The number of hydrogen-bond acceptors (Lipinski definition) is 3. The van der Waals surface area contributed by atoms with Gasteiger partial charge in [0.25, 0.3) is 5.91 Å². The fraction of sp³-hybridized carbons (Fsp3) is 0.333. The lowest BCUT2D eigenvalue weighted by Crippen LogP contribution is -2.44. The molecule has 0 radical (unpaired) electrons. The van der Waals surface area contributed by atoms with Crippen LogP contribution in [-0.4, -0.2) is 42.3 Å². The van der Waals surface area contributed by atoms with Crippen LogP contribution in [0.1, 0.15) is 10.4 Å². The summed E-state index contributed by atoms with van der Waals surface area (Å²) in [6.07, 6.45) is -7.46. The second kappa shape index (κ2) is 7.28. The van der Waals surface area contributed by atoms with Gasteiger partial charge in [0.2, 0.25) is 5.91 Å². The first-order valence-corrected chi connectivity index (χ1v) is 6.13. The van der Waals surface area contributed by atoms with E-state index in [0.29, 0.717) is 5.02 Å². The highest BCUT2D eigenvalue weighted by molar-refractivity contribution is 6.30. The van der Waals surface area contributed by atoms with E-state index in [-0.39, 0.29) is 5.56 Å². The van der Waals surface area contributed by atoms with Crippen LogP contribution in [-0.2, 0) is 4.79 Å². The Morgan fingerprint density at radius 2 is 1.95 bits per heavy atom. The minimum absolute atomic E-state index is 0.214. The number of halogens is 4. The molecule has 116 valence electrons. The fourth-order valence-corrected chi connectivity index (χ4v) is 1.47. The van der Waals surface area contributed by atoms with Gasteiger partial charge in [-0.15, -0.1) is 0 Å². The van der Waals surface area contributed by atoms with E-state index in [2.05, 4.69) is 5.32 Å². The van der Waals surface area contributed by atoms with E-state index in [9.17, 15) is 22.8 Å². The molecule has 0 aromatic heterocycles. The number of nitrogens with one attached hydrogen (secondary N) is 2. The zero-order chi connectivity index (χ0) is 16.0. The van der Waals surface area contributed by atoms with E-state index in [0.717, 1.165) is 0 Å². The minimum atomic E-state index is -4.81. The number of alkyl halides is 3. The molecule has 0 saturated heterocycles. The molecule has 0 aliphatic heterocycles. The third kappa shape index (κ3) is 6.01. The Bertz CT molecular complexity index is 523. The maximum atomic E-state index is 12.0. The summed E-state index contributed by atoms with van der Waals surface area (Å²) in [7, 11) is 0. The lowest BCUT2D eigenvalue weighted by atomic mass is 10.2. The molecule has 2 amide bonds. The summed E-state index contributed by atoms with van der Waals surface area (Å²) in [5.41, 5.74) is 0.214. The van der Waals surface area contributed by atoms with Crippen LogP contribution in [0.4, 0.5) is 13.2 Å². The molecule has 5 nitrogen and oxygen atoms in total. The first-order chi connectivity index (χ1) is 9.70. The summed E-state index contributed by atoms with van der Waals surface area (Å²) in [5, 5.41) is 13.1. The number of carbonyl (C=O) groups excluding carboxylic acids is 2. The van der Waals surface area contributed by atoms with Crippen molar-refractivity contribution in [2.24, 2.45) is 0 Å². The van der Waals surface area contributed by atoms with E-state index in [1.807, 2.05) is 5.32 Å². The van der Waals surface area contributed by atoms with E-state index in [1.165, 1.54) is 18.2 Å². The lowest BCUT2D eigenvalue weighted by molar-refractivity contribution is -0.201. The van der Waals surface area contributed by atoms with Gasteiger partial charge in [0.15, 0.2) is 6.10 Å². The Labute approximate surface area is 123 Å². The standard InChI is InChI=1S/C12H12ClF3N2O3/c13-8-3-1-2-7(4-8)11(21)18-6-10(20)17-5-9(19)12(14,15)16/h1-4,9,19H,5-6H2,(H,17,20)(H,18,21). The van der Waals surface area contributed by atoms with Gasteiger partial charge in [0, 0.05) is 10.6 Å².